The molecule has 60 valence electrons. The fourth-order valence-corrected chi connectivity index (χ4v) is 1.02. The Labute approximate surface area is 76.3 Å². The van der Waals surface area contributed by atoms with Crippen LogP contribution in [0.25, 0.3) is 0 Å². The molecule has 0 radical (unpaired) electrons. The minimum atomic E-state index is 0.539. The highest BCUT2D eigenvalue weighted by Gasteiger charge is 2.01. The largest absolute Gasteiger partial charge is 0.199 e. The Bertz CT molecular complexity index is 339. The van der Waals surface area contributed by atoms with E-state index < -0.39 is 0 Å². The number of nitrogens with zero attached hydrogens (tertiary/aromatic N) is 2. The van der Waals surface area contributed by atoms with E-state index in [1.54, 1.807) is 18.3 Å². The van der Waals surface area contributed by atoms with Gasteiger partial charge in [0.1, 0.15) is 11.6 Å². The number of aromatic nitrogens is 1. The molecule has 1 rings (SSSR count). The van der Waals surface area contributed by atoms with Gasteiger partial charge in [0.2, 0.25) is 0 Å². The molecule has 0 saturated heterocycles. The van der Waals surface area contributed by atoms with Crippen molar-refractivity contribution in [3.63, 3.8) is 0 Å². The lowest BCUT2D eigenvalue weighted by atomic mass is 10.3. The Kier molecular flexibility index (Phi) is 2.84. The van der Waals surface area contributed by atoms with E-state index in [-0.39, 0.29) is 0 Å². The van der Waals surface area contributed by atoms with Crippen LogP contribution in [0.4, 0.5) is 0 Å². The van der Waals surface area contributed by atoms with Gasteiger partial charge >= 0.3 is 0 Å². The Morgan fingerprint density at radius 2 is 2.50 bits per heavy atom. The maximum atomic E-state index is 8.58. The molecule has 0 aliphatic heterocycles. The second-order valence-corrected chi connectivity index (χ2v) is 2.93. The first kappa shape index (κ1) is 8.76. The molecule has 0 amide bonds. The van der Waals surface area contributed by atoms with E-state index in [4.69, 9.17) is 16.9 Å². The molecule has 0 fully saturated rings. The minimum absolute atomic E-state index is 0.539. The van der Waals surface area contributed by atoms with Crippen LogP contribution in [0, 0.1) is 11.3 Å². The number of halogens is 1. The van der Waals surface area contributed by atoms with Gasteiger partial charge in [-0.25, -0.2) is 0 Å². The average molecular weight is 180 g/mol. The zero-order valence-electron chi connectivity index (χ0n) is 6.50. The SMILES string of the molecule is C=C(Cl)C[n+]1cccc(C#N)c1. The van der Waals surface area contributed by atoms with Crippen molar-refractivity contribution in [2.75, 3.05) is 0 Å². The average Bonchev–Trinajstić information content (AvgIpc) is 2.03. The molecule has 12 heavy (non-hydrogen) atoms. The van der Waals surface area contributed by atoms with Gasteiger partial charge in [0.05, 0.1) is 5.03 Å². The van der Waals surface area contributed by atoms with Crippen LogP contribution >= 0.6 is 11.6 Å². The van der Waals surface area contributed by atoms with Gasteiger partial charge in [-0.1, -0.05) is 18.2 Å². The van der Waals surface area contributed by atoms with E-state index in [1.807, 2.05) is 16.8 Å². The van der Waals surface area contributed by atoms with Gasteiger partial charge in [-0.3, -0.25) is 0 Å². The second-order valence-electron chi connectivity index (χ2n) is 2.39. The van der Waals surface area contributed by atoms with Crippen LogP contribution in [0.1, 0.15) is 5.56 Å². The van der Waals surface area contributed by atoms with E-state index in [0.717, 1.165) is 0 Å². The first-order valence-electron chi connectivity index (χ1n) is 3.45. The molecule has 0 atom stereocenters. The van der Waals surface area contributed by atoms with Gasteiger partial charge in [-0.05, 0) is 6.07 Å². The van der Waals surface area contributed by atoms with Crippen molar-refractivity contribution in [2.24, 2.45) is 0 Å². The number of hydrogen-bond donors (Lipinski definition) is 0. The third-order valence-electron chi connectivity index (χ3n) is 1.34. The summed E-state index contributed by atoms with van der Waals surface area (Å²) in [6, 6.07) is 5.59. The molecule has 2 nitrogen and oxygen atoms in total. The van der Waals surface area contributed by atoms with Gasteiger partial charge in [0.25, 0.3) is 0 Å². The first-order chi connectivity index (χ1) is 5.72. The third kappa shape index (κ3) is 2.37. The molecule has 0 bridgehead atoms. The van der Waals surface area contributed by atoms with Crippen LogP contribution in [-0.4, -0.2) is 0 Å². The highest BCUT2D eigenvalue weighted by molar-refractivity contribution is 6.29. The van der Waals surface area contributed by atoms with Crippen LogP contribution in [0.2, 0.25) is 0 Å². The molecule has 0 aliphatic rings. The van der Waals surface area contributed by atoms with Gasteiger partial charge in [0.15, 0.2) is 18.9 Å². The van der Waals surface area contributed by atoms with E-state index in [2.05, 4.69) is 6.58 Å². The standard InChI is InChI=1S/C9H8ClN2/c1-8(10)6-12-4-2-3-9(5-11)7-12/h2-4,7H,1,6H2/q+1. The summed E-state index contributed by atoms with van der Waals surface area (Å²) in [5, 5.41) is 9.13. The Balaban J connectivity index is 2.88. The molecule has 3 heteroatoms. The van der Waals surface area contributed by atoms with Gasteiger partial charge in [0, 0.05) is 6.07 Å². The monoisotopic (exact) mass is 179 g/mol. The van der Waals surface area contributed by atoms with Crippen LogP contribution in [-0.2, 0) is 6.54 Å². The summed E-state index contributed by atoms with van der Waals surface area (Å²) in [6.07, 6.45) is 3.57. The van der Waals surface area contributed by atoms with Gasteiger partial charge in [-0.15, -0.1) is 0 Å². The summed E-state index contributed by atoms with van der Waals surface area (Å²) >= 11 is 5.61. The van der Waals surface area contributed by atoms with Crippen molar-refractivity contribution in [1.82, 2.24) is 0 Å². The van der Waals surface area contributed by atoms with E-state index >= 15 is 0 Å². The minimum Gasteiger partial charge on any atom is -0.199 e. The fraction of sp³-hybridized carbons (Fsp3) is 0.111. The molecule has 0 unspecified atom stereocenters. The van der Waals surface area contributed by atoms with E-state index in [0.29, 0.717) is 17.1 Å². The lowest BCUT2D eigenvalue weighted by Crippen LogP contribution is -2.32. The molecule has 1 heterocycles. The summed E-state index contributed by atoms with van der Waals surface area (Å²) in [5.41, 5.74) is 0.621. The van der Waals surface area contributed by atoms with Crippen LogP contribution in [0.3, 0.4) is 0 Å². The van der Waals surface area contributed by atoms with Crippen molar-refractivity contribution in [1.29, 1.82) is 5.26 Å². The zero-order chi connectivity index (χ0) is 8.97. The number of allylic oxidation sites excluding steroid dienone is 1. The molecule has 0 spiro atoms. The smallest absolute Gasteiger partial charge is 0.187 e. The van der Waals surface area contributed by atoms with Crippen molar-refractivity contribution < 1.29 is 4.57 Å². The Morgan fingerprint density at radius 1 is 1.75 bits per heavy atom. The third-order valence-corrected chi connectivity index (χ3v) is 1.46. The predicted molar refractivity (Wildman–Crippen MR) is 46.3 cm³/mol. The molecule has 0 aliphatic carbocycles. The zero-order valence-corrected chi connectivity index (χ0v) is 7.25. The van der Waals surface area contributed by atoms with Crippen LogP contribution < -0.4 is 4.57 Å². The summed E-state index contributed by atoms with van der Waals surface area (Å²) in [5.74, 6) is 0. The van der Waals surface area contributed by atoms with E-state index in [9.17, 15) is 0 Å². The molecule has 1 aromatic rings. The second kappa shape index (κ2) is 3.89. The molecule has 1 aromatic heterocycles. The van der Waals surface area contributed by atoms with Crippen LogP contribution in [0.15, 0.2) is 36.1 Å². The normalized spacial score (nSPS) is 9.00. The maximum absolute atomic E-state index is 8.58. The molecule has 0 aromatic carbocycles. The molecular weight excluding hydrogens is 172 g/mol. The van der Waals surface area contributed by atoms with Crippen molar-refractivity contribution >= 4 is 11.6 Å². The summed E-state index contributed by atoms with van der Waals surface area (Å²) in [7, 11) is 0. The van der Waals surface area contributed by atoms with Crippen molar-refractivity contribution in [2.45, 2.75) is 6.54 Å². The highest BCUT2D eigenvalue weighted by atomic mass is 35.5. The molecular formula is C9H8ClN2+. The van der Waals surface area contributed by atoms with Crippen LogP contribution in [0.5, 0.6) is 0 Å². The summed E-state index contributed by atoms with van der Waals surface area (Å²) < 4.78 is 1.81. The summed E-state index contributed by atoms with van der Waals surface area (Å²) in [4.78, 5) is 0. The maximum Gasteiger partial charge on any atom is 0.187 e. The highest BCUT2D eigenvalue weighted by Crippen LogP contribution is 1.96. The lowest BCUT2D eigenvalue weighted by Gasteiger charge is -1.92. The Morgan fingerprint density at radius 3 is 3.08 bits per heavy atom. The lowest BCUT2D eigenvalue weighted by molar-refractivity contribution is -0.688. The Hall–Kier alpha value is -1.33. The van der Waals surface area contributed by atoms with Gasteiger partial charge in [-0.2, -0.15) is 9.83 Å². The molecule has 0 N–H and O–H groups in total. The van der Waals surface area contributed by atoms with Crippen molar-refractivity contribution in [3.05, 3.63) is 41.7 Å². The number of nitriles is 1. The predicted octanol–water partition coefficient (Wildman–Crippen LogP) is 1.60. The molecule has 0 saturated carbocycles. The number of hydrogen-bond acceptors (Lipinski definition) is 1. The number of rotatable bonds is 2. The topological polar surface area (TPSA) is 27.7 Å². The van der Waals surface area contributed by atoms with Crippen molar-refractivity contribution in [3.8, 4) is 6.07 Å². The van der Waals surface area contributed by atoms with E-state index in [1.165, 1.54) is 0 Å². The number of pyridine rings is 1. The van der Waals surface area contributed by atoms with Gasteiger partial charge < -0.3 is 0 Å². The fourth-order valence-electron chi connectivity index (χ4n) is 0.885. The first-order valence-corrected chi connectivity index (χ1v) is 3.82. The quantitative estimate of drug-likeness (QED) is 0.634. The summed E-state index contributed by atoms with van der Waals surface area (Å²) in [6.45, 7) is 4.11.